The van der Waals surface area contributed by atoms with Crippen LogP contribution < -0.4 is 0 Å². The van der Waals surface area contributed by atoms with E-state index in [9.17, 15) is 14.4 Å². The first-order valence-electron chi connectivity index (χ1n) is 8.59. The highest BCUT2D eigenvalue weighted by Crippen LogP contribution is 2.27. The number of esters is 1. The van der Waals surface area contributed by atoms with Crippen LogP contribution in [0.4, 0.5) is 0 Å². The van der Waals surface area contributed by atoms with E-state index in [4.69, 9.17) is 4.74 Å². The van der Waals surface area contributed by atoms with E-state index < -0.39 is 23.8 Å². The minimum atomic E-state index is -0.952. The van der Waals surface area contributed by atoms with Crippen molar-refractivity contribution in [2.24, 2.45) is 5.92 Å². The molecule has 3 rings (SSSR count). The summed E-state index contributed by atoms with van der Waals surface area (Å²) >= 11 is 0. The normalized spacial score (nSPS) is 14.5. The van der Waals surface area contributed by atoms with Crippen molar-refractivity contribution in [3.8, 4) is 0 Å². The van der Waals surface area contributed by atoms with Gasteiger partial charge in [0.15, 0.2) is 0 Å². The number of hydrogen-bond donors (Lipinski definition) is 0. The van der Waals surface area contributed by atoms with Gasteiger partial charge in [0, 0.05) is 0 Å². The van der Waals surface area contributed by atoms with E-state index in [2.05, 4.69) is 0 Å². The summed E-state index contributed by atoms with van der Waals surface area (Å²) in [4.78, 5) is 39.1. The fourth-order valence-electron chi connectivity index (χ4n) is 3.18. The molecule has 26 heavy (non-hydrogen) atoms. The second kappa shape index (κ2) is 7.12. The predicted molar refractivity (Wildman–Crippen MR) is 96.5 cm³/mol. The number of aryl methyl sites for hydroxylation is 1. The molecule has 0 bridgehead atoms. The summed E-state index contributed by atoms with van der Waals surface area (Å²) in [5, 5.41) is 0. The number of rotatable bonds is 5. The smallest absolute Gasteiger partial charge is 0.329 e. The van der Waals surface area contributed by atoms with Crippen molar-refractivity contribution in [2.75, 3.05) is 0 Å². The molecule has 0 aromatic heterocycles. The Bertz CT molecular complexity index is 837. The van der Waals surface area contributed by atoms with Gasteiger partial charge < -0.3 is 4.74 Å². The third-order valence-electron chi connectivity index (χ3n) is 4.44. The molecule has 0 saturated carbocycles. The molecule has 0 fully saturated rings. The minimum absolute atomic E-state index is 0.104. The lowest BCUT2D eigenvalue weighted by atomic mass is 10.0. The molecule has 0 N–H and O–H groups in total. The number of amides is 2. The Morgan fingerprint density at radius 1 is 1.00 bits per heavy atom. The first-order chi connectivity index (χ1) is 12.4. The highest BCUT2D eigenvalue weighted by molar-refractivity contribution is 6.22. The van der Waals surface area contributed by atoms with Gasteiger partial charge in [0.1, 0.15) is 12.6 Å². The topological polar surface area (TPSA) is 63.7 Å². The van der Waals surface area contributed by atoms with Gasteiger partial charge in [-0.05, 0) is 30.5 Å². The molecule has 2 aromatic carbocycles. The van der Waals surface area contributed by atoms with Crippen LogP contribution >= 0.6 is 0 Å². The van der Waals surface area contributed by atoms with E-state index in [1.165, 1.54) is 0 Å². The first kappa shape index (κ1) is 17.9. The Morgan fingerprint density at radius 3 is 2.15 bits per heavy atom. The largest absolute Gasteiger partial charge is 0.459 e. The van der Waals surface area contributed by atoms with Gasteiger partial charge in [0.05, 0.1) is 11.1 Å². The van der Waals surface area contributed by atoms with Gasteiger partial charge >= 0.3 is 5.97 Å². The third-order valence-corrected chi connectivity index (χ3v) is 4.44. The van der Waals surface area contributed by atoms with Crippen molar-refractivity contribution in [2.45, 2.75) is 33.4 Å². The predicted octanol–water partition coefficient (Wildman–Crippen LogP) is 3.36. The van der Waals surface area contributed by atoms with E-state index in [1.807, 2.05) is 31.2 Å². The average molecular weight is 351 g/mol. The number of fused-ring (bicyclic) bond motifs is 1. The maximum Gasteiger partial charge on any atom is 0.329 e. The van der Waals surface area contributed by atoms with Crippen molar-refractivity contribution in [3.63, 3.8) is 0 Å². The second-order valence-electron chi connectivity index (χ2n) is 6.81. The lowest BCUT2D eigenvalue weighted by molar-refractivity contribution is -0.151. The molecule has 5 nitrogen and oxygen atoms in total. The molecule has 5 heteroatoms. The SMILES string of the molecule is Cc1cccc(COC(=O)[C@@H](C(C)C)N2C(=O)c3ccccc3C2=O)c1. The summed E-state index contributed by atoms with van der Waals surface area (Å²) in [5.41, 5.74) is 2.59. The molecule has 0 aliphatic carbocycles. The Kier molecular flexibility index (Phi) is 4.89. The van der Waals surface area contributed by atoms with Crippen LogP contribution in [0, 0.1) is 12.8 Å². The van der Waals surface area contributed by atoms with Crippen molar-refractivity contribution >= 4 is 17.8 Å². The molecule has 1 heterocycles. The minimum Gasteiger partial charge on any atom is -0.459 e. The van der Waals surface area contributed by atoms with Crippen molar-refractivity contribution in [1.29, 1.82) is 0 Å². The lowest BCUT2D eigenvalue weighted by Gasteiger charge is -2.27. The van der Waals surface area contributed by atoms with Gasteiger partial charge in [-0.25, -0.2) is 4.79 Å². The second-order valence-corrected chi connectivity index (χ2v) is 6.81. The molecule has 2 amide bonds. The maximum absolute atomic E-state index is 12.7. The van der Waals surface area contributed by atoms with Crippen LogP contribution in [0.25, 0.3) is 0 Å². The number of carbonyl (C=O) groups excluding carboxylic acids is 3. The Hall–Kier alpha value is -2.95. The first-order valence-corrected chi connectivity index (χ1v) is 8.59. The lowest BCUT2D eigenvalue weighted by Crippen LogP contribution is -2.48. The van der Waals surface area contributed by atoms with Gasteiger partial charge in [-0.3, -0.25) is 14.5 Å². The monoisotopic (exact) mass is 351 g/mol. The van der Waals surface area contributed by atoms with E-state index in [0.29, 0.717) is 11.1 Å². The molecular weight excluding hydrogens is 330 g/mol. The van der Waals surface area contributed by atoms with E-state index >= 15 is 0 Å². The van der Waals surface area contributed by atoms with Crippen LogP contribution in [0.15, 0.2) is 48.5 Å². The zero-order valence-electron chi connectivity index (χ0n) is 15.1. The quantitative estimate of drug-likeness (QED) is 0.612. The standard InChI is InChI=1S/C21H21NO4/c1-13(2)18(21(25)26-12-15-8-6-7-14(3)11-15)22-19(23)16-9-4-5-10-17(16)20(22)24/h4-11,13,18H,12H2,1-3H3/t18-/m1/s1. The molecule has 0 saturated heterocycles. The number of ether oxygens (including phenoxy) is 1. The summed E-state index contributed by atoms with van der Waals surface area (Å²) in [5.74, 6) is -1.73. The third kappa shape index (κ3) is 3.25. The molecule has 1 aliphatic rings. The summed E-state index contributed by atoms with van der Waals surface area (Å²) in [6.45, 7) is 5.65. The molecule has 1 aliphatic heterocycles. The van der Waals surface area contributed by atoms with Crippen molar-refractivity contribution in [1.82, 2.24) is 4.90 Å². The van der Waals surface area contributed by atoms with Gasteiger partial charge in [0.2, 0.25) is 0 Å². The maximum atomic E-state index is 12.7. The van der Waals surface area contributed by atoms with Crippen LogP contribution in [0.1, 0.15) is 45.7 Å². The van der Waals surface area contributed by atoms with Crippen molar-refractivity contribution < 1.29 is 19.1 Å². The van der Waals surface area contributed by atoms with Crippen LogP contribution in [0.5, 0.6) is 0 Å². The highest BCUT2D eigenvalue weighted by Gasteiger charge is 2.44. The molecule has 0 unspecified atom stereocenters. The van der Waals surface area contributed by atoms with Crippen LogP contribution in [-0.4, -0.2) is 28.7 Å². The highest BCUT2D eigenvalue weighted by atomic mass is 16.5. The Balaban J connectivity index is 1.80. The Labute approximate surface area is 152 Å². The number of carbonyl (C=O) groups is 3. The fraction of sp³-hybridized carbons (Fsp3) is 0.286. The van der Waals surface area contributed by atoms with Crippen LogP contribution in [-0.2, 0) is 16.1 Å². The summed E-state index contributed by atoms with van der Waals surface area (Å²) < 4.78 is 5.43. The molecule has 1 atom stereocenters. The van der Waals surface area contributed by atoms with E-state index in [1.54, 1.807) is 38.1 Å². The number of hydrogen-bond acceptors (Lipinski definition) is 4. The zero-order chi connectivity index (χ0) is 18.8. The van der Waals surface area contributed by atoms with E-state index in [0.717, 1.165) is 16.0 Å². The van der Waals surface area contributed by atoms with Crippen LogP contribution in [0.3, 0.4) is 0 Å². The van der Waals surface area contributed by atoms with Gasteiger partial charge in [-0.15, -0.1) is 0 Å². The van der Waals surface area contributed by atoms with Gasteiger partial charge in [-0.2, -0.15) is 0 Å². The molecule has 134 valence electrons. The zero-order valence-corrected chi connectivity index (χ0v) is 15.1. The number of benzene rings is 2. The van der Waals surface area contributed by atoms with Crippen molar-refractivity contribution in [3.05, 3.63) is 70.8 Å². The fourth-order valence-corrected chi connectivity index (χ4v) is 3.18. The number of nitrogens with zero attached hydrogens (tertiary/aromatic N) is 1. The molecule has 0 radical (unpaired) electrons. The number of imide groups is 1. The summed E-state index contributed by atoms with van der Waals surface area (Å²) in [6, 6.07) is 13.3. The van der Waals surface area contributed by atoms with E-state index in [-0.39, 0.29) is 12.5 Å². The molecular formula is C21H21NO4. The molecule has 2 aromatic rings. The Morgan fingerprint density at radius 2 is 1.62 bits per heavy atom. The summed E-state index contributed by atoms with van der Waals surface area (Å²) in [6.07, 6.45) is 0. The molecule has 0 spiro atoms. The summed E-state index contributed by atoms with van der Waals surface area (Å²) in [7, 11) is 0. The van der Waals surface area contributed by atoms with Gasteiger partial charge in [0.25, 0.3) is 11.8 Å². The average Bonchev–Trinajstić information content (AvgIpc) is 2.86. The van der Waals surface area contributed by atoms with Gasteiger partial charge in [-0.1, -0.05) is 55.8 Å². The van der Waals surface area contributed by atoms with Crippen LogP contribution in [0.2, 0.25) is 0 Å².